The molecule has 1 rings (SSSR count). The fourth-order valence-corrected chi connectivity index (χ4v) is 1.78. The molecule has 0 aliphatic heterocycles. The molecule has 0 heterocycles. The number of nitrogens with one attached hydrogen (secondary N) is 1. The first kappa shape index (κ1) is 14.7. The lowest BCUT2D eigenvalue weighted by Gasteiger charge is -2.17. The predicted octanol–water partition coefficient (Wildman–Crippen LogP) is 0.755. The van der Waals surface area contributed by atoms with Crippen LogP contribution in [0, 0.1) is 0 Å². The number of carbonyl (C=O) groups is 1. The van der Waals surface area contributed by atoms with Crippen molar-refractivity contribution in [3.05, 3.63) is 35.9 Å². The van der Waals surface area contributed by atoms with Crippen molar-refractivity contribution in [3.63, 3.8) is 0 Å². The Labute approximate surface area is 108 Å². The van der Waals surface area contributed by atoms with Crippen LogP contribution in [0.2, 0.25) is 0 Å². The lowest BCUT2D eigenvalue weighted by molar-refractivity contribution is -0.121. The maximum atomic E-state index is 11.7. The molecule has 0 radical (unpaired) electrons. The molecule has 0 fully saturated rings. The second-order valence-electron chi connectivity index (χ2n) is 4.22. The minimum atomic E-state index is -3.33. The Balaban J connectivity index is 2.56. The molecule has 0 aliphatic carbocycles. The number of benzene rings is 1. The van der Waals surface area contributed by atoms with Crippen LogP contribution in [-0.2, 0) is 14.8 Å². The van der Waals surface area contributed by atoms with Crippen LogP contribution in [0.15, 0.2) is 30.3 Å². The number of hydrogen-bond acceptors (Lipinski definition) is 3. The molecule has 0 aliphatic rings. The zero-order valence-corrected chi connectivity index (χ0v) is 11.6. The van der Waals surface area contributed by atoms with E-state index in [2.05, 4.69) is 5.32 Å². The maximum absolute atomic E-state index is 11.7. The van der Waals surface area contributed by atoms with Crippen LogP contribution >= 0.6 is 0 Å². The van der Waals surface area contributed by atoms with E-state index in [1.54, 1.807) is 0 Å². The molecule has 0 saturated carbocycles. The number of hydrogen-bond donors (Lipinski definition) is 1. The molecule has 1 aromatic rings. The quantitative estimate of drug-likeness (QED) is 0.859. The van der Waals surface area contributed by atoms with Crippen molar-refractivity contribution in [3.8, 4) is 0 Å². The fraction of sp³-hybridized carbons (Fsp3) is 0.417. The van der Waals surface area contributed by atoms with Crippen molar-refractivity contribution >= 4 is 15.9 Å². The van der Waals surface area contributed by atoms with Gasteiger partial charge in [0.05, 0.1) is 18.8 Å². The normalized spacial score (nSPS) is 13.3. The lowest BCUT2D eigenvalue weighted by Crippen LogP contribution is -2.38. The van der Waals surface area contributed by atoms with Crippen molar-refractivity contribution in [1.82, 2.24) is 9.62 Å². The first-order valence-corrected chi connectivity index (χ1v) is 7.41. The van der Waals surface area contributed by atoms with Crippen LogP contribution < -0.4 is 5.32 Å². The van der Waals surface area contributed by atoms with Gasteiger partial charge in [-0.1, -0.05) is 30.3 Å². The van der Waals surface area contributed by atoms with Crippen LogP contribution in [-0.4, -0.2) is 38.5 Å². The van der Waals surface area contributed by atoms with Crippen molar-refractivity contribution in [1.29, 1.82) is 0 Å². The summed E-state index contributed by atoms with van der Waals surface area (Å²) < 4.78 is 23.4. The van der Waals surface area contributed by atoms with Gasteiger partial charge in [0.15, 0.2) is 0 Å². The standard InChI is InChI=1S/C12H18N2O3S/c1-10(11-7-5-4-6-8-11)13-12(15)9-14(2)18(3,16)17/h4-8,10H,9H2,1-3H3,(H,13,15)/t10-/m0/s1. The molecule has 0 spiro atoms. The van der Waals surface area contributed by atoms with Crippen molar-refractivity contribution < 1.29 is 13.2 Å². The minimum Gasteiger partial charge on any atom is -0.348 e. The summed E-state index contributed by atoms with van der Waals surface area (Å²) in [4.78, 5) is 11.7. The Bertz CT molecular complexity index is 499. The van der Waals surface area contributed by atoms with Crippen LogP contribution in [0.25, 0.3) is 0 Å². The molecule has 1 aromatic carbocycles. The number of amides is 1. The van der Waals surface area contributed by atoms with Crippen LogP contribution in [0.5, 0.6) is 0 Å². The summed E-state index contributed by atoms with van der Waals surface area (Å²) in [5.74, 6) is -0.320. The molecule has 1 N–H and O–H groups in total. The van der Waals surface area contributed by atoms with Gasteiger partial charge in [-0.25, -0.2) is 8.42 Å². The van der Waals surface area contributed by atoms with E-state index in [0.29, 0.717) is 0 Å². The number of sulfonamides is 1. The highest BCUT2D eigenvalue weighted by atomic mass is 32.2. The first-order chi connectivity index (χ1) is 8.30. The maximum Gasteiger partial charge on any atom is 0.235 e. The molecule has 1 atom stereocenters. The average Bonchev–Trinajstić information content (AvgIpc) is 2.28. The molecule has 18 heavy (non-hydrogen) atoms. The third-order valence-electron chi connectivity index (χ3n) is 2.61. The fourth-order valence-electron chi connectivity index (χ4n) is 1.43. The molecule has 0 unspecified atom stereocenters. The number of rotatable bonds is 5. The van der Waals surface area contributed by atoms with E-state index in [0.717, 1.165) is 16.1 Å². The second kappa shape index (κ2) is 5.97. The smallest absolute Gasteiger partial charge is 0.235 e. The van der Waals surface area contributed by atoms with Gasteiger partial charge >= 0.3 is 0 Å². The molecule has 0 bridgehead atoms. The molecular formula is C12H18N2O3S. The van der Waals surface area contributed by atoms with Gasteiger partial charge in [0, 0.05) is 7.05 Å². The Morgan fingerprint density at radius 2 is 1.89 bits per heavy atom. The molecular weight excluding hydrogens is 252 g/mol. The summed E-state index contributed by atoms with van der Waals surface area (Å²) in [6.45, 7) is 1.68. The SMILES string of the molecule is C[C@H](NC(=O)CN(C)S(C)(=O)=O)c1ccccc1. The summed E-state index contributed by atoms with van der Waals surface area (Å²) in [6, 6.07) is 9.35. The first-order valence-electron chi connectivity index (χ1n) is 5.56. The predicted molar refractivity (Wildman–Crippen MR) is 70.5 cm³/mol. The van der Waals surface area contributed by atoms with Gasteiger partial charge in [-0.15, -0.1) is 0 Å². The Kier molecular flexibility index (Phi) is 4.86. The van der Waals surface area contributed by atoms with Gasteiger partial charge in [-0.2, -0.15) is 4.31 Å². The van der Waals surface area contributed by atoms with E-state index in [9.17, 15) is 13.2 Å². The average molecular weight is 270 g/mol. The second-order valence-corrected chi connectivity index (χ2v) is 6.31. The highest BCUT2D eigenvalue weighted by molar-refractivity contribution is 7.88. The van der Waals surface area contributed by atoms with E-state index >= 15 is 0 Å². The monoisotopic (exact) mass is 270 g/mol. The minimum absolute atomic E-state index is 0.147. The summed E-state index contributed by atoms with van der Waals surface area (Å²) in [5, 5.41) is 2.75. The molecule has 6 heteroatoms. The largest absolute Gasteiger partial charge is 0.348 e. The van der Waals surface area contributed by atoms with E-state index in [-0.39, 0.29) is 18.5 Å². The summed E-state index contributed by atoms with van der Waals surface area (Å²) in [5.41, 5.74) is 0.979. The third kappa shape index (κ3) is 4.46. The van der Waals surface area contributed by atoms with Gasteiger partial charge in [-0.05, 0) is 12.5 Å². The Morgan fingerprint density at radius 3 is 2.39 bits per heavy atom. The zero-order valence-electron chi connectivity index (χ0n) is 10.8. The van der Waals surface area contributed by atoms with Crippen LogP contribution in [0.3, 0.4) is 0 Å². The van der Waals surface area contributed by atoms with Gasteiger partial charge < -0.3 is 5.32 Å². The van der Waals surface area contributed by atoms with Gasteiger partial charge in [0.2, 0.25) is 15.9 Å². The van der Waals surface area contributed by atoms with Crippen molar-refractivity contribution in [2.24, 2.45) is 0 Å². The molecule has 1 amide bonds. The van der Waals surface area contributed by atoms with E-state index in [1.807, 2.05) is 37.3 Å². The van der Waals surface area contributed by atoms with Gasteiger partial charge in [-0.3, -0.25) is 4.79 Å². The zero-order chi connectivity index (χ0) is 13.8. The van der Waals surface area contributed by atoms with Crippen LogP contribution in [0.1, 0.15) is 18.5 Å². The van der Waals surface area contributed by atoms with Crippen molar-refractivity contribution in [2.75, 3.05) is 19.8 Å². The topological polar surface area (TPSA) is 66.5 Å². The molecule has 0 saturated heterocycles. The van der Waals surface area contributed by atoms with Gasteiger partial charge in [0.1, 0.15) is 0 Å². The molecule has 5 nitrogen and oxygen atoms in total. The van der Waals surface area contributed by atoms with E-state index in [1.165, 1.54) is 7.05 Å². The lowest BCUT2D eigenvalue weighted by atomic mass is 10.1. The number of likely N-dealkylation sites (N-methyl/N-ethyl adjacent to an activating group) is 1. The summed E-state index contributed by atoms with van der Waals surface area (Å²) >= 11 is 0. The van der Waals surface area contributed by atoms with E-state index < -0.39 is 10.0 Å². The summed E-state index contributed by atoms with van der Waals surface area (Å²) in [7, 11) is -1.95. The van der Waals surface area contributed by atoms with E-state index in [4.69, 9.17) is 0 Å². The number of carbonyl (C=O) groups excluding carboxylic acids is 1. The third-order valence-corrected chi connectivity index (χ3v) is 3.87. The molecule has 100 valence electrons. The van der Waals surface area contributed by atoms with Crippen molar-refractivity contribution in [2.45, 2.75) is 13.0 Å². The summed E-state index contributed by atoms with van der Waals surface area (Å²) in [6.07, 6.45) is 1.07. The highest BCUT2D eigenvalue weighted by Crippen LogP contribution is 2.10. The van der Waals surface area contributed by atoms with Crippen LogP contribution in [0.4, 0.5) is 0 Å². The number of nitrogens with zero attached hydrogens (tertiary/aromatic N) is 1. The van der Waals surface area contributed by atoms with Gasteiger partial charge in [0.25, 0.3) is 0 Å². The Morgan fingerprint density at radius 1 is 1.33 bits per heavy atom. The Hall–Kier alpha value is -1.40. The highest BCUT2D eigenvalue weighted by Gasteiger charge is 2.16. The molecule has 0 aromatic heterocycles.